The van der Waals surface area contributed by atoms with Crippen molar-refractivity contribution >= 4 is 17.3 Å². The van der Waals surface area contributed by atoms with Gasteiger partial charge in [0.25, 0.3) is 0 Å². The van der Waals surface area contributed by atoms with Crippen molar-refractivity contribution in [2.75, 3.05) is 66.5 Å². The number of aliphatic imine (C=N–C) groups is 1. The van der Waals surface area contributed by atoms with Gasteiger partial charge in [-0.25, -0.2) is 0 Å². The van der Waals surface area contributed by atoms with Crippen molar-refractivity contribution in [2.45, 2.75) is 26.2 Å². The molecule has 0 radical (unpaired) electrons. The highest BCUT2D eigenvalue weighted by Crippen LogP contribution is 2.09. The molecule has 142 valence electrons. The minimum atomic E-state index is 0.901. The van der Waals surface area contributed by atoms with Gasteiger partial charge in [-0.3, -0.25) is 4.99 Å². The van der Waals surface area contributed by atoms with Crippen LogP contribution in [0.3, 0.4) is 0 Å². The molecule has 0 aromatic carbocycles. The predicted octanol–water partition coefficient (Wildman–Crippen LogP) is 2.22. The first-order valence-electron chi connectivity index (χ1n) is 9.61. The summed E-state index contributed by atoms with van der Waals surface area (Å²) < 4.78 is 0. The number of nitrogens with one attached hydrogen (secondary N) is 1. The Hall–Kier alpha value is -1.11. The molecule has 1 aromatic rings. The number of guanidine groups is 1. The second-order valence-corrected chi connectivity index (χ2v) is 7.87. The van der Waals surface area contributed by atoms with E-state index in [1.807, 2.05) is 11.3 Å². The Kier molecular flexibility index (Phi) is 9.29. The third-order valence-corrected chi connectivity index (χ3v) is 5.61. The topological polar surface area (TPSA) is 34.1 Å². The van der Waals surface area contributed by atoms with Crippen LogP contribution in [0.15, 0.2) is 22.5 Å². The molecule has 1 aliphatic rings. The maximum atomic E-state index is 4.83. The lowest BCUT2D eigenvalue weighted by Crippen LogP contribution is -2.40. The number of hydrogen-bond acceptors (Lipinski definition) is 4. The van der Waals surface area contributed by atoms with Crippen LogP contribution in [0.5, 0.6) is 0 Å². The van der Waals surface area contributed by atoms with Crippen LogP contribution < -0.4 is 5.32 Å². The van der Waals surface area contributed by atoms with Crippen molar-refractivity contribution < 1.29 is 0 Å². The fourth-order valence-electron chi connectivity index (χ4n) is 3.11. The zero-order valence-corrected chi connectivity index (χ0v) is 17.0. The number of rotatable bonds is 8. The second-order valence-electron chi connectivity index (χ2n) is 6.84. The van der Waals surface area contributed by atoms with Crippen LogP contribution in [0, 0.1) is 0 Å². The van der Waals surface area contributed by atoms with E-state index in [-0.39, 0.29) is 0 Å². The summed E-state index contributed by atoms with van der Waals surface area (Å²) in [6, 6.07) is 4.33. The van der Waals surface area contributed by atoms with Gasteiger partial charge in [0.2, 0.25) is 0 Å². The molecule has 2 heterocycles. The molecular formula is C19H35N5S. The van der Waals surface area contributed by atoms with Crippen LogP contribution in [0.25, 0.3) is 0 Å². The van der Waals surface area contributed by atoms with E-state index < -0.39 is 0 Å². The molecule has 0 spiro atoms. The molecule has 2 rings (SSSR count). The van der Waals surface area contributed by atoms with Gasteiger partial charge in [-0.15, -0.1) is 11.3 Å². The Morgan fingerprint density at radius 3 is 2.96 bits per heavy atom. The number of nitrogens with zero attached hydrogens (tertiary/aromatic N) is 4. The van der Waals surface area contributed by atoms with Crippen molar-refractivity contribution in [1.82, 2.24) is 20.0 Å². The molecule has 1 aliphatic heterocycles. The van der Waals surface area contributed by atoms with Gasteiger partial charge in [0, 0.05) is 44.6 Å². The lowest BCUT2D eigenvalue weighted by Gasteiger charge is -2.22. The third kappa shape index (κ3) is 7.75. The van der Waals surface area contributed by atoms with Crippen molar-refractivity contribution in [3.63, 3.8) is 0 Å². The molecule has 1 saturated heterocycles. The molecule has 0 bridgehead atoms. The van der Waals surface area contributed by atoms with Gasteiger partial charge in [0.05, 0.1) is 0 Å². The van der Waals surface area contributed by atoms with Crippen LogP contribution in [-0.2, 0) is 6.42 Å². The molecule has 5 nitrogen and oxygen atoms in total. The molecule has 0 unspecified atom stereocenters. The number of hydrogen-bond donors (Lipinski definition) is 1. The van der Waals surface area contributed by atoms with Gasteiger partial charge in [0.15, 0.2) is 5.96 Å². The van der Waals surface area contributed by atoms with E-state index in [0.717, 1.165) is 45.0 Å². The summed E-state index contributed by atoms with van der Waals surface area (Å²) in [6.45, 7) is 11.0. The highest BCUT2D eigenvalue weighted by molar-refractivity contribution is 7.09. The van der Waals surface area contributed by atoms with Gasteiger partial charge in [-0.2, -0.15) is 0 Å². The SMILES string of the molecule is CCNC(=NCCCN1CCCN(C)CC1)N(C)CCc1cccs1. The van der Waals surface area contributed by atoms with E-state index in [4.69, 9.17) is 4.99 Å². The zero-order chi connectivity index (χ0) is 17.9. The summed E-state index contributed by atoms with van der Waals surface area (Å²) in [7, 11) is 4.36. The van der Waals surface area contributed by atoms with Crippen LogP contribution in [0.1, 0.15) is 24.6 Å². The molecular weight excluding hydrogens is 330 g/mol. The van der Waals surface area contributed by atoms with E-state index in [0.29, 0.717) is 0 Å². The molecule has 0 atom stereocenters. The first-order valence-corrected chi connectivity index (χ1v) is 10.5. The Bertz CT molecular complexity index is 488. The highest BCUT2D eigenvalue weighted by atomic mass is 32.1. The molecule has 1 fully saturated rings. The molecule has 0 saturated carbocycles. The van der Waals surface area contributed by atoms with Gasteiger partial charge in [-0.1, -0.05) is 6.07 Å². The Morgan fingerprint density at radius 2 is 2.20 bits per heavy atom. The van der Waals surface area contributed by atoms with Crippen molar-refractivity contribution in [2.24, 2.45) is 4.99 Å². The molecule has 25 heavy (non-hydrogen) atoms. The zero-order valence-electron chi connectivity index (χ0n) is 16.2. The summed E-state index contributed by atoms with van der Waals surface area (Å²) in [6.07, 6.45) is 3.51. The second kappa shape index (κ2) is 11.5. The quantitative estimate of drug-likeness (QED) is 0.435. The standard InChI is InChI=1S/C19H35N5S/c1-4-20-19(23(3)14-9-18-8-5-17-25-18)21-10-6-12-24-13-7-11-22(2)15-16-24/h5,8,17H,4,6-7,9-16H2,1-3H3,(H,20,21). The van der Waals surface area contributed by atoms with Crippen molar-refractivity contribution in [3.8, 4) is 0 Å². The van der Waals surface area contributed by atoms with Gasteiger partial charge in [-0.05, 0) is 64.3 Å². The molecule has 6 heteroatoms. The third-order valence-electron chi connectivity index (χ3n) is 4.68. The fourth-order valence-corrected chi connectivity index (χ4v) is 3.81. The summed E-state index contributed by atoms with van der Waals surface area (Å²) in [4.78, 5) is 13.6. The first-order chi connectivity index (χ1) is 12.2. The van der Waals surface area contributed by atoms with E-state index >= 15 is 0 Å². The average molecular weight is 366 g/mol. The Labute approximate surface area is 157 Å². The molecule has 1 aromatic heterocycles. The summed E-state index contributed by atoms with van der Waals surface area (Å²) in [5, 5.41) is 5.57. The largest absolute Gasteiger partial charge is 0.357 e. The van der Waals surface area contributed by atoms with Crippen molar-refractivity contribution in [3.05, 3.63) is 22.4 Å². The predicted molar refractivity (Wildman–Crippen MR) is 110 cm³/mol. The van der Waals surface area contributed by atoms with E-state index in [2.05, 4.69) is 58.5 Å². The molecule has 0 amide bonds. The van der Waals surface area contributed by atoms with Crippen LogP contribution >= 0.6 is 11.3 Å². The highest BCUT2D eigenvalue weighted by Gasteiger charge is 2.11. The lowest BCUT2D eigenvalue weighted by molar-refractivity contribution is 0.275. The average Bonchev–Trinajstić information content (AvgIpc) is 3.04. The van der Waals surface area contributed by atoms with Crippen LogP contribution in [-0.4, -0.2) is 87.1 Å². The normalized spacial score (nSPS) is 17.5. The van der Waals surface area contributed by atoms with Gasteiger partial charge < -0.3 is 20.0 Å². The Balaban J connectivity index is 1.72. The van der Waals surface area contributed by atoms with Gasteiger partial charge in [0.1, 0.15) is 0 Å². The summed E-state index contributed by atoms with van der Waals surface area (Å²) in [5.74, 6) is 1.04. The number of likely N-dealkylation sites (N-methyl/N-ethyl adjacent to an activating group) is 2. The first kappa shape index (κ1) is 20.2. The summed E-state index contributed by atoms with van der Waals surface area (Å²) >= 11 is 1.83. The molecule has 0 aliphatic carbocycles. The van der Waals surface area contributed by atoms with E-state index in [9.17, 15) is 0 Å². The summed E-state index contributed by atoms with van der Waals surface area (Å²) in [5.41, 5.74) is 0. The Morgan fingerprint density at radius 1 is 1.32 bits per heavy atom. The van der Waals surface area contributed by atoms with E-state index in [1.165, 1.54) is 37.5 Å². The maximum Gasteiger partial charge on any atom is 0.193 e. The lowest BCUT2D eigenvalue weighted by atomic mass is 10.3. The number of thiophene rings is 1. The van der Waals surface area contributed by atoms with Crippen molar-refractivity contribution in [1.29, 1.82) is 0 Å². The fraction of sp³-hybridized carbons (Fsp3) is 0.737. The van der Waals surface area contributed by atoms with E-state index in [1.54, 1.807) is 0 Å². The minimum absolute atomic E-state index is 0.901. The minimum Gasteiger partial charge on any atom is -0.357 e. The molecule has 1 N–H and O–H groups in total. The smallest absolute Gasteiger partial charge is 0.193 e. The monoisotopic (exact) mass is 365 g/mol. The van der Waals surface area contributed by atoms with Gasteiger partial charge >= 0.3 is 0 Å². The van der Waals surface area contributed by atoms with Crippen LogP contribution in [0.2, 0.25) is 0 Å². The maximum absolute atomic E-state index is 4.83. The van der Waals surface area contributed by atoms with Crippen LogP contribution in [0.4, 0.5) is 0 Å².